The van der Waals surface area contributed by atoms with Gasteiger partial charge in [0.2, 0.25) is 0 Å². The fourth-order valence-corrected chi connectivity index (χ4v) is 5.97. The van der Waals surface area contributed by atoms with Crippen molar-refractivity contribution in [2.75, 3.05) is 6.16 Å². The van der Waals surface area contributed by atoms with E-state index in [1.54, 1.807) is 0 Å². The molecule has 3 heterocycles. The minimum atomic E-state index is -2.07. The summed E-state index contributed by atoms with van der Waals surface area (Å²) in [5.74, 6) is 2.01. The molecule has 0 spiro atoms. The van der Waals surface area contributed by atoms with E-state index in [9.17, 15) is 0 Å². The fourth-order valence-electron chi connectivity index (χ4n) is 2.79. The van der Waals surface area contributed by atoms with Gasteiger partial charge in [0, 0.05) is 0 Å². The Hall–Kier alpha value is -1.77. The second-order valence-corrected chi connectivity index (χ2v) is 8.38. The fraction of sp³-hybridized carbons (Fsp3) is 0.143. The molecule has 19 heavy (non-hydrogen) atoms. The van der Waals surface area contributed by atoms with E-state index in [1.807, 2.05) is 37.1 Å². The van der Waals surface area contributed by atoms with Gasteiger partial charge in [-0.3, -0.25) is 0 Å². The molecule has 0 amide bonds. The van der Waals surface area contributed by atoms with Crippen molar-refractivity contribution in [2.24, 2.45) is 11.2 Å². The third-order valence-electron chi connectivity index (χ3n) is 3.67. The van der Waals surface area contributed by atoms with E-state index in [0.717, 1.165) is 39.6 Å². The molecule has 2 aliphatic rings. The van der Waals surface area contributed by atoms with Crippen molar-refractivity contribution in [3.05, 3.63) is 58.1 Å². The van der Waals surface area contributed by atoms with Crippen LogP contribution >= 0.6 is 7.41 Å². The first kappa shape index (κ1) is 12.3. The predicted molar refractivity (Wildman–Crippen MR) is 82.4 cm³/mol. The summed E-state index contributed by atoms with van der Waals surface area (Å²) in [4.78, 5) is 4.33. The van der Waals surface area contributed by atoms with E-state index in [1.165, 1.54) is 6.21 Å². The second-order valence-electron chi connectivity index (χ2n) is 5.15. The first-order chi connectivity index (χ1) is 9.03. The molecule has 0 unspecified atom stereocenters. The number of pyridine rings is 1. The third kappa shape index (κ3) is 1.84. The Balaban J connectivity index is 2.16. The van der Waals surface area contributed by atoms with Crippen LogP contribution in [0.1, 0.15) is 11.3 Å². The van der Waals surface area contributed by atoms with Gasteiger partial charge in [-0.1, -0.05) is 0 Å². The first-order valence-electron chi connectivity index (χ1n) is 6.20. The maximum atomic E-state index is 7.50. The molecule has 0 saturated carbocycles. The number of aromatic nitrogens is 1. The van der Waals surface area contributed by atoms with Crippen LogP contribution in [0, 0.1) is 12.3 Å². The number of allylic oxidation sites excluding steroid dienone is 4. The van der Waals surface area contributed by atoms with Gasteiger partial charge in [-0.25, -0.2) is 0 Å². The van der Waals surface area contributed by atoms with E-state index in [0.29, 0.717) is 0 Å². The number of nitrogens with two attached hydrogens (primary N) is 2. The van der Waals surface area contributed by atoms with Gasteiger partial charge >= 0.3 is 112 Å². The summed E-state index contributed by atoms with van der Waals surface area (Å²) in [6.07, 6.45) is 6.02. The molecule has 0 aliphatic carbocycles. The van der Waals surface area contributed by atoms with Gasteiger partial charge in [0.25, 0.3) is 0 Å². The van der Waals surface area contributed by atoms with Gasteiger partial charge in [-0.05, 0) is 0 Å². The van der Waals surface area contributed by atoms with Crippen LogP contribution in [0.5, 0.6) is 0 Å². The van der Waals surface area contributed by atoms with Gasteiger partial charge in [0.1, 0.15) is 0 Å². The van der Waals surface area contributed by atoms with Crippen molar-refractivity contribution in [3.8, 4) is 0 Å². The second kappa shape index (κ2) is 4.12. The summed E-state index contributed by atoms with van der Waals surface area (Å²) in [6, 6.07) is 4.02. The molecule has 0 fully saturated rings. The molecule has 0 radical (unpaired) electrons. The van der Waals surface area contributed by atoms with Crippen molar-refractivity contribution in [1.82, 2.24) is 4.98 Å². The average Bonchev–Trinajstić information content (AvgIpc) is 2.35. The topological polar surface area (TPSA) is 88.8 Å². The summed E-state index contributed by atoms with van der Waals surface area (Å²) in [7, 11) is -2.07. The number of hydrogen-bond donors (Lipinski definition) is 3. The molecule has 0 bridgehead atoms. The summed E-state index contributed by atoms with van der Waals surface area (Å²) < 4.78 is 0. The van der Waals surface area contributed by atoms with Gasteiger partial charge < -0.3 is 0 Å². The molecule has 0 aromatic carbocycles. The third-order valence-corrected chi connectivity index (χ3v) is 7.01. The van der Waals surface area contributed by atoms with Crippen LogP contribution in [0.15, 0.2) is 46.8 Å². The first-order valence-corrected chi connectivity index (χ1v) is 8.56. The summed E-state index contributed by atoms with van der Waals surface area (Å²) in [5.41, 5.74) is 17.3. The number of fused-ring (bicyclic) bond motifs is 1. The van der Waals surface area contributed by atoms with Crippen molar-refractivity contribution in [3.63, 3.8) is 0 Å². The van der Waals surface area contributed by atoms with E-state index < -0.39 is 7.41 Å². The Labute approximate surface area is 112 Å². The molecule has 98 valence electrons. The van der Waals surface area contributed by atoms with E-state index in [-0.39, 0.29) is 0 Å². The van der Waals surface area contributed by atoms with Crippen molar-refractivity contribution in [2.45, 2.75) is 6.92 Å². The van der Waals surface area contributed by atoms with Crippen LogP contribution in [-0.4, -0.2) is 17.4 Å². The number of aryl methyl sites for hydroxylation is 1. The van der Waals surface area contributed by atoms with E-state index in [2.05, 4.69) is 4.98 Å². The molecule has 1 aromatic heterocycles. The molecule has 5 heteroatoms. The molecular formula is C14H17N4P. The zero-order chi connectivity index (χ0) is 13.6. The van der Waals surface area contributed by atoms with Gasteiger partial charge in [0.05, 0.1) is 0 Å². The normalized spacial score (nSPS) is 21.8. The van der Waals surface area contributed by atoms with Crippen LogP contribution in [0.2, 0.25) is 0 Å². The van der Waals surface area contributed by atoms with Crippen LogP contribution in [0.25, 0.3) is 5.57 Å². The van der Waals surface area contributed by atoms with Gasteiger partial charge in [-0.15, -0.1) is 0 Å². The number of hydrogen-bond acceptors (Lipinski definition) is 4. The maximum absolute atomic E-state index is 7.50. The van der Waals surface area contributed by atoms with Crippen LogP contribution in [0.3, 0.4) is 0 Å². The summed E-state index contributed by atoms with van der Waals surface area (Å²) in [6.45, 7) is 1.96. The molecule has 2 aliphatic heterocycles. The molecule has 1 aromatic rings. The SMILES string of the molecule is Cc1ccc(C2=CC(N)=C[PH]3(N)CC(C=N)=C23)cn1. The zero-order valence-corrected chi connectivity index (χ0v) is 11.8. The zero-order valence-electron chi connectivity index (χ0n) is 10.8. The molecule has 3 rings (SSSR count). The molecule has 5 N–H and O–H groups in total. The van der Waals surface area contributed by atoms with Gasteiger partial charge in [-0.2, -0.15) is 0 Å². The Kier molecular flexibility index (Phi) is 2.66. The van der Waals surface area contributed by atoms with Crippen LogP contribution in [0.4, 0.5) is 0 Å². The minimum absolute atomic E-state index is 0.734. The van der Waals surface area contributed by atoms with E-state index in [4.69, 9.17) is 16.6 Å². The number of nitrogens with one attached hydrogen (secondary N) is 1. The summed E-state index contributed by atoms with van der Waals surface area (Å²) >= 11 is 0. The summed E-state index contributed by atoms with van der Waals surface area (Å²) in [5, 5.41) is 8.64. The average molecular weight is 272 g/mol. The molecule has 4 nitrogen and oxygen atoms in total. The van der Waals surface area contributed by atoms with Crippen LogP contribution in [-0.2, 0) is 0 Å². The van der Waals surface area contributed by atoms with E-state index >= 15 is 0 Å². The Bertz CT molecular complexity index is 655. The van der Waals surface area contributed by atoms with Crippen molar-refractivity contribution >= 4 is 19.2 Å². The Morgan fingerprint density at radius 2 is 2.21 bits per heavy atom. The Morgan fingerprint density at radius 1 is 1.42 bits per heavy atom. The van der Waals surface area contributed by atoms with Gasteiger partial charge in [0.15, 0.2) is 0 Å². The molecule has 0 atom stereocenters. The van der Waals surface area contributed by atoms with Crippen LogP contribution < -0.4 is 11.2 Å². The Morgan fingerprint density at radius 3 is 2.84 bits per heavy atom. The number of rotatable bonds is 2. The standard InChI is InChI=1S/C14H17N4P/c1-9-2-3-10(6-18-9)13-4-12(16)8-19(17)7-11(5-15)14(13)19/h2-6,8,15,19H,7,16-17H2,1H3. The van der Waals surface area contributed by atoms with Crippen molar-refractivity contribution in [1.29, 1.82) is 5.41 Å². The molecule has 0 saturated heterocycles. The number of nitrogens with zero attached hydrogens (tertiary/aromatic N) is 1. The quantitative estimate of drug-likeness (QED) is 0.569. The molecular weight excluding hydrogens is 255 g/mol. The monoisotopic (exact) mass is 272 g/mol. The predicted octanol–water partition coefficient (Wildman–Crippen LogP) is 2.13. The van der Waals surface area contributed by atoms with Crippen molar-refractivity contribution < 1.29 is 0 Å².